The van der Waals surface area contributed by atoms with Crippen LogP contribution in [0.3, 0.4) is 0 Å². The summed E-state index contributed by atoms with van der Waals surface area (Å²) < 4.78 is 1.34. The van der Waals surface area contributed by atoms with Crippen molar-refractivity contribution in [3.8, 4) is 0 Å². The molecule has 2 aromatic heterocycles. The maximum absolute atomic E-state index is 4.13. The van der Waals surface area contributed by atoms with Gasteiger partial charge in [-0.1, -0.05) is 32.0 Å². The average molecular weight is 282 g/mol. The van der Waals surface area contributed by atoms with E-state index in [1.54, 1.807) is 11.3 Å². The smallest absolute Gasteiger partial charge is 0.0599 e. The van der Waals surface area contributed by atoms with Gasteiger partial charge in [0, 0.05) is 40.1 Å². The number of aromatic nitrogens is 1. The van der Waals surface area contributed by atoms with Crippen LogP contribution < -0.4 is 4.90 Å². The summed E-state index contributed by atoms with van der Waals surface area (Å²) in [4.78, 5) is 6.52. The van der Waals surface area contributed by atoms with E-state index < -0.39 is 0 Å². The lowest BCUT2D eigenvalue weighted by Gasteiger charge is -2.26. The van der Waals surface area contributed by atoms with E-state index in [-0.39, 0.29) is 0 Å². The molecule has 0 unspecified atom stereocenters. The van der Waals surface area contributed by atoms with Gasteiger partial charge < -0.3 is 4.90 Å². The maximum Gasteiger partial charge on any atom is 0.0599 e. The zero-order valence-electron chi connectivity index (χ0n) is 11.8. The molecule has 0 aliphatic heterocycles. The molecular weight excluding hydrogens is 264 g/mol. The molecule has 0 spiro atoms. The molecule has 0 N–H and O–H groups in total. The van der Waals surface area contributed by atoms with Crippen molar-refractivity contribution in [3.63, 3.8) is 0 Å². The first kappa shape index (κ1) is 13.1. The molecule has 0 atom stereocenters. The summed E-state index contributed by atoms with van der Waals surface area (Å²) in [5.74, 6) is 0.599. The van der Waals surface area contributed by atoms with Gasteiger partial charge in [0.2, 0.25) is 0 Å². The number of rotatable bonds is 4. The maximum atomic E-state index is 4.13. The monoisotopic (exact) mass is 282 g/mol. The molecule has 2 heterocycles. The second-order valence-corrected chi connectivity index (χ2v) is 6.24. The molecule has 3 rings (SSSR count). The van der Waals surface area contributed by atoms with E-state index in [1.165, 1.54) is 21.5 Å². The van der Waals surface area contributed by atoms with Crippen LogP contribution in [0.2, 0.25) is 0 Å². The Morgan fingerprint density at radius 3 is 2.60 bits per heavy atom. The Morgan fingerprint density at radius 2 is 1.85 bits per heavy atom. The molecule has 3 aromatic rings. The Labute approximate surface area is 123 Å². The minimum Gasteiger partial charge on any atom is -0.340 e. The summed E-state index contributed by atoms with van der Waals surface area (Å²) in [6.45, 7) is 5.51. The molecule has 2 nitrogen and oxygen atoms in total. The van der Waals surface area contributed by atoms with Crippen LogP contribution in [0.1, 0.15) is 13.8 Å². The first-order chi connectivity index (χ1) is 9.75. The van der Waals surface area contributed by atoms with Gasteiger partial charge in [0.1, 0.15) is 0 Å². The zero-order valence-corrected chi connectivity index (χ0v) is 12.6. The number of pyridine rings is 1. The highest BCUT2D eigenvalue weighted by Gasteiger charge is 2.15. The lowest BCUT2D eigenvalue weighted by atomic mass is 10.1. The Balaban J connectivity index is 2.09. The highest BCUT2D eigenvalue weighted by atomic mass is 32.1. The molecule has 0 bridgehead atoms. The van der Waals surface area contributed by atoms with Crippen LogP contribution in [0.25, 0.3) is 10.1 Å². The fraction of sp³-hybridized carbons (Fsp3) is 0.235. The molecule has 3 heteroatoms. The minimum absolute atomic E-state index is 0.599. The molecule has 0 saturated carbocycles. The molecular formula is C17H18N2S. The lowest BCUT2D eigenvalue weighted by molar-refractivity contribution is 0.652. The summed E-state index contributed by atoms with van der Waals surface area (Å²) in [5, 5.41) is 3.59. The van der Waals surface area contributed by atoms with E-state index in [9.17, 15) is 0 Å². The van der Waals surface area contributed by atoms with Gasteiger partial charge in [-0.05, 0) is 24.1 Å². The van der Waals surface area contributed by atoms with Crippen LogP contribution in [-0.2, 0) is 0 Å². The molecule has 1 aromatic carbocycles. The van der Waals surface area contributed by atoms with Gasteiger partial charge in [-0.3, -0.25) is 4.98 Å². The first-order valence-corrected chi connectivity index (χ1v) is 7.77. The second kappa shape index (κ2) is 5.63. The molecule has 102 valence electrons. The third-order valence-electron chi connectivity index (χ3n) is 3.27. The zero-order chi connectivity index (χ0) is 13.9. The average Bonchev–Trinajstić information content (AvgIpc) is 2.89. The van der Waals surface area contributed by atoms with Gasteiger partial charge in [0.15, 0.2) is 0 Å². The minimum atomic E-state index is 0.599. The Bertz CT molecular complexity index is 688. The van der Waals surface area contributed by atoms with Crippen LogP contribution in [0.15, 0.2) is 54.2 Å². The predicted molar refractivity (Wildman–Crippen MR) is 87.9 cm³/mol. The summed E-state index contributed by atoms with van der Waals surface area (Å²) in [7, 11) is 0. The number of benzene rings is 1. The van der Waals surface area contributed by atoms with Crippen LogP contribution in [-0.4, -0.2) is 11.5 Å². The van der Waals surface area contributed by atoms with Crippen LogP contribution >= 0.6 is 11.3 Å². The van der Waals surface area contributed by atoms with E-state index in [1.807, 2.05) is 12.4 Å². The summed E-state index contributed by atoms with van der Waals surface area (Å²) >= 11 is 1.81. The van der Waals surface area contributed by atoms with E-state index in [4.69, 9.17) is 0 Å². The van der Waals surface area contributed by atoms with Crippen molar-refractivity contribution in [2.24, 2.45) is 5.92 Å². The molecule has 0 aliphatic carbocycles. The van der Waals surface area contributed by atoms with E-state index >= 15 is 0 Å². The predicted octanol–water partition coefficient (Wildman–Crippen LogP) is 5.09. The van der Waals surface area contributed by atoms with Crippen LogP contribution in [0.5, 0.6) is 0 Å². The number of hydrogen-bond donors (Lipinski definition) is 0. The Hall–Kier alpha value is -1.87. The van der Waals surface area contributed by atoms with E-state index in [2.05, 4.69) is 65.5 Å². The number of nitrogens with zero attached hydrogens (tertiary/aromatic N) is 2. The Morgan fingerprint density at radius 1 is 1.10 bits per heavy atom. The topological polar surface area (TPSA) is 16.1 Å². The van der Waals surface area contributed by atoms with Gasteiger partial charge in [0.25, 0.3) is 0 Å². The van der Waals surface area contributed by atoms with Crippen molar-refractivity contribution in [1.82, 2.24) is 4.98 Å². The van der Waals surface area contributed by atoms with Gasteiger partial charge in [-0.25, -0.2) is 0 Å². The largest absolute Gasteiger partial charge is 0.340 e. The second-order valence-electron chi connectivity index (χ2n) is 5.33. The summed E-state index contributed by atoms with van der Waals surface area (Å²) in [6.07, 6.45) is 3.72. The first-order valence-electron chi connectivity index (χ1n) is 6.89. The molecule has 20 heavy (non-hydrogen) atoms. The third-order valence-corrected chi connectivity index (χ3v) is 4.22. The van der Waals surface area contributed by atoms with Gasteiger partial charge >= 0.3 is 0 Å². The fourth-order valence-corrected chi connectivity index (χ4v) is 3.35. The van der Waals surface area contributed by atoms with Crippen LogP contribution in [0, 0.1) is 5.92 Å². The highest BCUT2D eigenvalue weighted by Crippen LogP contribution is 2.36. The molecule has 0 saturated heterocycles. The van der Waals surface area contributed by atoms with Gasteiger partial charge in [-0.2, -0.15) is 0 Å². The standard InChI is InChI=1S/C17H18N2S/c1-13(2)11-19(14-7-9-18-10-8-14)16-12-20-17-6-4-3-5-15(16)17/h3-10,12-13H,11H2,1-2H3. The fourth-order valence-electron chi connectivity index (χ4n) is 2.40. The lowest BCUT2D eigenvalue weighted by Crippen LogP contribution is -2.22. The summed E-state index contributed by atoms with van der Waals surface area (Å²) in [5.41, 5.74) is 2.50. The third kappa shape index (κ3) is 2.54. The summed E-state index contributed by atoms with van der Waals surface area (Å²) in [6, 6.07) is 12.8. The normalized spacial score (nSPS) is 11.2. The van der Waals surface area contributed by atoms with Crippen molar-refractivity contribution in [2.45, 2.75) is 13.8 Å². The number of thiophene rings is 1. The highest BCUT2D eigenvalue weighted by molar-refractivity contribution is 7.17. The number of hydrogen-bond acceptors (Lipinski definition) is 3. The quantitative estimate of drug-likeness (QED) is 0.662. The Kier molecular flexibility index (Phi) is 3.70. The number of anilines is 2. The van der Waals surface area contributed by atoms with Crippen molar-refractivity contribution < 1.29 is 0 Å². The molecule has 0 aliphatic rings. The molecule has 0 radical (unpaired) electrons. The number of fused-ring (bicyclic) bond motifs is 1. The van der Waals surface area contributed by atoms with Crippen molar-refractivity contribution in [3.05, 3.63) is 54.2 Å². The SMILES string of the molecule is CC(C)CN(c1ccncc1)c1csc2ccccc12. The van der Waals surface area contributed by atoms with Gasteiger partial charge in [0.05, 0.1) is 5.69 Å². The van der Waals surface area contributed by atoms with Crippen molar-refractivity contribution in [1.29, 1.82) is 0 Å². The van der Waals surface area contributed by atoms with Crippen molar-refractivity contribution >= 4 is 32.8 Å². The van der Waals surface area contributed by atoms with Crippen LogP contribution in [0.4, 0.5) is 11.4 Å². The van der Waals surface area contributed by atoms with E-state index in [0.717, 1.165) is 6.54 Å². The van der Waals surface area contributed by atoms with Crippen molar-refractivity contribution in [2.75, 3.05) is 11.4 Å². The molecule has 0 amide bonds. The van der Waals surface area contributed by atoms with E-state index in [0.29, 0.717) is 5.92 Å². The van der Waals surface area contributed by atoms with Gasteiger partial charge in [-0.15, -0.1) is 11.3 Å². The molecule has 0 fully saturated rings.